The first-order valence-corrected chi connectivity index (χ1v) is 35.7. The highest BCUT2D eigenvalue weighted by Crippen LogP contribution is 2.45. The molecule has 0 radical (unpaired) electrons. The van der Waals surface area contributed by atoms with E-state index in [1.165, 1.54) is 54.9 Å². The quantitative estimate of drug-likeness (QED) is 0.113. The Hall–Kier alpha value is -14.3. The molecule has 0 saturated carbocycles. The predicted molar refractivity (Wildman–Crippen MR) is 438 cm³/mol. The van der Waals surface area contributed by atoms with E-state index < -0.39 is 0 Å². The first-order chi connectivity index (χ1) is 52.6. The fourth-order valence-corrected chi connectivity index (χ4v) is 15.2. The average Bonchev–Trinajstić information content (AvgIpc) is 1.40. The number of nitrogens with zero attached hydrogens (tertiary/aromatic N) is 8. The van der Waals surface area contributed by atoms with Crippen LogP contribution in [0.4, 0.5) is 0 Å². The zero-order chi connectivity index (χ0) is 70.3. The molecule has 8 heteroatoms. The Morgan fingerprint density at radius 3 is 0.925 bits per heavy atom. The summed E-state index contributed by atoms with van der Waals surface area (Å²) < 4.78 is 4.61. The largest absolute Gasteiger partial charge is 0.309 e. The third kappa shape index (κ3) is 11.7. The fourth-order valence-electron chi connectivity index (χ4n) is 15.2. The maximum absolute atomic E-state index is 5.33. The molecule has 0 bridgehead atoms. The van der Waals surface area contributed by atoms with E-state index in [0.29, 0.717) is 11.6 Å². The van der Waals surface area contributed by atoms with Gasteiger partial charge in [0.1, 0.15) is 0 Å². The molecule has 0 atom stereocenters. The van der Waals surface area contributed by atoms with Gasteiger partial charge in [0.05, 0.1) is 44.8 Å². The number of para-hydroxylation sites is 2. The van der Waals surface area contributed by atoms with Gasteiger partial charge in [-0.2, -0.15) is 0 Å². The van der Waals surface area contributed by atoms with Crippen molar-refractivity contribution in [3.05, 3.63) is 389 Å². The smallest absolute Gasteiger partial charge is 0.160 e. The van der Waals surface area contributed by atoms with E-state index >= 15 is 0 Å². The van der Waals surface area contributed by atoms with Gasteiger partial charge < -0.3 is 9.13 Å². The first-order valence-electron chi connectivity index (χ1n) is 35.7. The summed E-state index contributed by atoms with van der Waals surface area (Å²) in [7, 11) is 0. The van der Waals surface area contributed by atoms with Gasteiger partial charge in [-0.25, -0.2) is 19.9 Å². The molecule has 496 valence electrons. The second-order valence-electron chi connectivity index (χ2n) is 26.6. The van der Waals surface area contributed by atoms with Gasteiger partial charge in [0.2, 0.25) is 0 Å². The van der Waals surface area contributed by atoms with E-state index in [0.717, 1.165) is 122 Å². The standard InChI is InChI=1S/C53H34N4.C45H30N4/c1-4-15-35(16-5-1)47-33-48(37-27-28-49-45(32-37)46-34-54-30-29-50(46)57(49)40-21-8-3-9-22-40)56-53(55-47)39-20-14-19-38(31-39)52-43-25-12-10-23-41(43)51(36-17-6-2-7-18-36)42-24-11-13-26-44(42)52;1-4-10-31(11-5-1)33-16-20-35(21-17-33)41-29-42(48-45(47-41)36-22-18-34(19-23-36)32-12-6-2-7-13-32)37-24-25-43-39(28-37)40-30-46-27-26-44(40)49(43)38-14-8-3-9-15-38/h1-34H;1-30H. The van der Waals surface area contributed by atoms with Gasteiger partial charge in [0.25, 0.3) is 0 Å². The summed E-state index contributed by atoms with van der Waals surface area (Å²) in [5.74, 6) is 1.36. The molecule has 20 rings (SSSR count). The highest BCUT2D eigenvalue weighted by Gasteiger charge is 2.22. The number of benzene rings is 14. The Morgan fingerprint density at radius 2 is 0.481 bits per heavy atom. The minimum Gasteiger partial charge on any atom is -0.309 e. The van der Waals surface area contributed by atoms with Gasteiger partial charge in [-0.05, 0) is 145 Å². The number of pyridine rings is 2. The molecule has 0 spiro atoms. The molecular formula is C98H64N8. The van der Waals surface area contributed by atoms with Crippen molar-refractivity contribution in [2.75, 3.05) is 0 Å². The molecule has 0 amide bonds. The normalized spacial score (nSPS) is 11.4. The van der Waals surface area contributed by atoms with Crippen molar-refractivity contribution in [3.63, 3.8) is 0 Å². The Bertz CT molecular complexity index is 6480. The van der Waals surface area contributed by atoms with Crippen LogP contribution in [-0.4, -0.2) is 39.0 Å². The Morgan fingerprint density at radius 1 is 0.179 bits per heavy atom. The highest BCUT2D eigenvalue weighted by molar-refractivity contribution is 6.21. The molecular weight excluding hydrogens is 1290 g/mol. The summed E-state index contributed by atoms with van der Waals surface area (Å²) >= 11 is 0. The number of rotatable bonds is 12. The molecule has 14 aromatic carbocycles. The lowest BCUT2D eigenvalue weighted by atomic mass is 9.85. The van der Waals surface area contributed by atoms with Crippen LogP contribution in [0.15, 0.2) is 389 Å². The number of hydrogen-bond donors (Lipinski definition) is 0. The SMILES string of the molecule is c1ccc(-c2cc(-c3ccc4c(c3)c3cnccc3n4-c3ccccc3)nc(-c3cccc(-c4c5ccccc5c(-c5ccccc5)c5ccccc45)c3)n2)cc1.c1ccc(-c2ccc(-c3cc(-c4ccc5c(c4)c4cnccc4n5-c4ccccc4)nc(-c4ccc(-c5ccccc5)cc4)n3)cc2)cc1. The highest BCUT2D eigenvalue weighted by atomic mass is 15.0. The van der Waals surface area contributed by atoms with Crippen molar-refractivity contribution in [2.24, 2.45) is 0 Å². The van der Waals surface area contributed by atoms with Crippen LogP contribution < -0.4 is 0 Å². The Kier molecular flexibility index (Phi) is 16.1. The number of hydrogen-bond acceptors (Lipinski definition) is 6. The minimum absolute atomic E-state index is 0.677. The van der Waals surface area contributed by atoms with E-state index in [4.69, 9.17) is 19.9 Å². The number of aromatic nitrogens is 8. The molecule has 106 heavy (non-hydrogen) atoms. The lowest BCUT2D eigenvalue weighted by Gasteiger charge is -2.18. The zero-order valence-electron chi connectivity index (χ0n) is 57.5. The van der Waals surface area contributed by atoms with Crippen LogP contribution >= 0.6 is 0 Å². The van der Waals surface area contributed by atoms with Crippen LogP contribution in [0.25, 0.3) is 189 Å². The van der Waals surface area contributed by atoms with Crippen LogP contribution in [0.5, 0.6) is 0 Å². The van der Waals surface area contributed by atoms with E-state index in [1.807, 2.05) is 49.1 Å². The van der Waals surface area contributed by atoms with Gasteiger partial charge >= 0.3 is 0 Å². The minimum atomic E-state index is 0.677. The fraction of sp³-hybridized carbons (Fsp3) is 0. The molecule has 0 saturated heterocycles. The summed E-state index contributed by atoms with van der Waals surface area (Å²) in [4.78, 5) is 29.9. The second-order valence-corrected chi connectivity index (χ2v) is 26.6. The predicted octanol–water partition coefficient (Wildman–Crippen LogP) is 24.9. The van der Waals surface area contributed by atoms with E-state index in [2.05, 4.69) is 359 Å². The summed E-state index contributed by atoms with van der Waals surface area (Å²) in [6, 6.07) is 128. The number of fused-ring (bicyclic) bond motifs is 8. The van der Waals surface area contributed by atoms with Crippen molar-refractivity contribution in [3.8, 4) is 124 Å². The van der Waals surface area contributed by atoms with Crippen molar-refractivity contribution in [1.29, 1.82) is 0 Å². The second kappa shape index (κ2) is 27.2. The molecule has 0 unspecified atom stereocenters. The lowest BCUT2D eigenvalue weighted by molar-refractivity contribution is 1.17. The van der Waals surface area contributed by atoms with Crippen LogP contribution in [0.2, 0.25) is 0 Å². The Labute approximate surface area is 612 Å². The topological polar surface area (TPSA) is 87.2 Å². The van der Waals surface area contributed by atoms with E-state index in [-0.39, 0.29) is 0 Å². The van der Waals surface area contributed by atoms with Crippen LogP contribution in [0, 0.1) is 0 Å². The van der Waals surface area contributed by atoms with Crippen LogP contribution in [0.1, 0.15) is 0 Å². The maximum atomic E-state index is 5.33. The van der Waals surface area contributed by atoms with Crippen LogP contribution in [0.3, 0.4) is 0 Å². The summed E-state index contributed by atoms with van der Waals surface area (Å²) in [5, 5.41) is 9.34. The molecule has 6 aromatic heterocycles. The third-order valence-corrected chi connectivity index (χ3v) is 20.2. The maximum Gasteiger partial charge on any atom is 0.160 e. The lowest BCUT2D eigenvalue weighted by Crippen LogP contribution is -1.97. The molecule has 0 aliphatic rings. The van der Waals surface area contributed by atoms with Gasteiger partial charge in [-0.1, -0.05) is 285 Å². The van der Waals surface area contributed by atoms with Gasteiger partial charge in [0, 0.05) is 91.1 Å². The first kappa shape index (κ1) is 62.6. The van der Waals surface area contributed by atoms with Crippen molar-refractivity contribution >= 4 is 65.2 Å². The molecule has 6 heterocycles. The van der Waals surface area contributed by atoms with Crippen molar-refractivity contribution in [2.45, 2.75) is 0 Å². The third-order valence-electron chi connectivity index (χ3n) is 20.2. The van der Waals surface area contributed by atoms with Gasteiger partial charge in [-0.3, -0.25) is 9.97 Å². The molecule has 0 aliphatic carbocycles. The molecule has 0 fully saturated rings. The van der Waals surface area contributed by atoms with Crippen LogP contribution in [-0.2, 0) is 0 Å². The summed E-state index contributed by atoms with van der Waals surface area (Å²) in [6.07, 6.45) is 7.64. The summed E-state index contributed by atoms with van der Waals surface area (Å²) in [6.45, 7) is 0. The van der Waals surface area contributed by atoms with Gasteiger partial charge in [-0.15, -0.1) is 0 Å². The molecule has 0 aliphatic heterocycles. The summed E-state index contributed by atoms with van der Waals surface area (Å²) in [5.41, 5.74) is 25.7. The molecule has 20 aromatic rings. The Balaban J connectivity index is 0.000000147. The zero-order valence-corrected chi connectivity index (χ0v) is 57.5. The molecule has 8 nitrogen and oxygen atoms in total. The van der Waals surface area contributed by atoms with Gasteiger partial charge in [0.15, 0.2) is 11.6 Å². The monoisotopic (exact) mass is 1350 g/mol. The average molecular weight is 1350 g/mol. The van der Waals surface area contributed by atoms with E-state index in [1.54, 1.807) is 0 Å². The van der Waals surface area contributed by atoms with Crippen molar-refractivity contribution < 1.29 is 0 Å². The van der Waals surface area contributed by atoms with E-state index in [9.17, 15) is 0 Å². The van der Waals surface area contributed by atoms with Crippen molar-refractivity contribution in [1.82, 2.24) is 39.0 Å². The molecule has 0 N–H and O–H groups in total.